The molecule has 5 nitrogen and oxygen atoms in total. The number of carbonyl (C=O) groups excluding carboxylic acids is 1. The predicted molar refractivity (Wildman–Crippen MR) is 100 cm³/mol. The van der Waals surface area contributed by atoms with Crippen LogP contribution in [0.2, 0.25) is 5.02 Å². The molecule has 3 rings (SSSR count). The molecule has 1 heterocycles. The molecule has 0 aliphatic carbocycles. The van der Waals surface area contributed by atoms with E-state index in [1.807, 2.05) is 6.92 Å². The normalized spacial score (nSPS) is 10.9. The smallest absolute Gasteiger partial charge is 0.307 e. The molecule has 0 amide bonds. The molecule has 0 atom stereocenters. The molecule has 1 aromatic heterocycles. The Morgan fingerprint density at radius 1 is 1.15 bits per heavy atom. The molecule has 6 heteroatoms. The molecule has 0 aliphatic rings. The van der Waals surface area contributed by atoms with Crippen molar-refractivity contribution in [2.75, 3.05) is 7.11 Å². The third-order valence-corrected chi connectivity index (χ3v) is 4.60. The Hall–Kier alpha value is -2.79. The summed E-state index contributed by atoms with van der Waals surface area (Å²) in [5.74, 6) is -0.547. The molecule has 1 N–H and O–H groups in total. The van der Waals surface area contributed by atoms with Gasteiger partial charge in [0.25, 0.3) is 5.91 Å². The first-order valence-electron chi connectivity index (χ1n) is 8.18. The van der Waals surface area contributed by atoms with Crippen LogP contribution in [-0.2, 0) is 17.6 Å². The fraction of sp³-hybridized carbons (Fsp3) is 0.200. The summed E-state index contributed by atoms with van der Waals surface area (Å²) in [5.41, 5.74) is 2.48. The van der Waals surface area contributed by atoms with Crippen LogP contribution < -0.4 is 4.74 Å². The Kier molecular flexibility index (Phi) is 5.00. The summed E-state index contributed by atoms with van der Waals surface area (Å²) in [4.78, 5) is 24.5. The number of nitrogens with zero attached hydrogens (tertiary/aromatic N) is 1. The van der Waals surface area contributed by atoms with Gasteiger partial charge in [-0.15, -0.1) is 0 Å². The first kappa shape index (κ1) is 18.0. The topological polar surface area (TPSA) is 68.5 Å². The van der Waals surface area contributed by atoms with Crippen LogP contribution in [0.15, 0.2) is 42.5 Å². The van der Waals surface area contributed by atoms with Crippen LogP contribution in [0.4, 0.5) is 0 Å². The van der Waals surface area contributed by atoms with E-state index in [1.54, 1.807) is 54.1 Å². The molecule has 2 aromatic carbocycles. The molecule has 0 saturated heterocycles. The van der Waals surface area contributed by atoms with Gasteiger partial charge in [-0.05, 0) is 54.4 Å². The van der Waals surface area contributed by atoms with Gasteiger partial charge in [0.1, 0.15) is 5.75 Å². The van der Waals surface area contributed by atoms with Crippen LogP contribution in [0.5, 0.6) is 5.75 Å². The number of carboxylic acid groups (broad SMARTS) is 1. The van der Waals surface area contributed by atoms with Gasteiger partial charge in [0.15, 0.2) is 0 Å². The van der Waals surface area contributed by atoms with Gasteiger partial charge in [0, 0.05) is 21.7 Å². The first-order valence-corrected chi connectivity index (χ1v) is 8.56. The first-order chi connectivity index (χ1) is 12.5. The van der Waals surface area contributed by atoms with Crippen molar-refractivity contribution in [1.82, 2.24) is 4.57 Å². The van der Waals surface area contributed by atoms with E-state index < -0.39 is 5.97 Å². The van der Waals surface area contributed by atoms with Crippen molar-refractivity contribution in [2.45, 2.75) is 19.8 Å². The molecular formula is C20H18ClNO4. The van der Waals surface area contributed by atoms with Crippen LogP contribution in [0.1, 0.15) is 28.5 Å². The van der Waals surface area contributed by atoms with E-state index in [0.29, 0.717) is 44.9 Å². The average molecular weight is 372 g/mol. The molecule has 3 aromatic rings. The number of ether oxygens (including phenoxy) is 1. The van der Waals surface area contributed by atoms with Crippen molar-refractivity contribution >= 4 is 34.4 Å². The summed E-state index contributed by atoms with van der Waals surface area (Å²) in [6.45, 7) is 1.91. The van der Waals surface area contributed by atoms with Gasteiger partial charge in [0.05, 0.1) is 19.0 Å². The van der Waals surface area contributed by atoms with E-state index in [-0.39, 0.29) is 12.3 Å². The largest absolute Gasteiger partial charge is 0.497 e. The summed E-state index contributed by atoms with van der Waals surface area (Å²) in [7, 11) is 1.55. The Balaban J connectivity index is 2.28. The number of rotatable bonds is 5. The molecular weight excluding hydrogens is 354 g/mol. The summed E-state index contributed by atoms with van der Waals surface area (Å²) < 4.78 is 6.86. The van der Waals surface area contributed by atoms with Crippen LogP contribution in [0, 0.1) is 0 Å². The molecule has 0 radical (unpaired) electrons. The van der Waals surface area contributed by atoms with E-state index in [1.165, 1.54) is 0 Å². The monoisotopic (exact) mass is 371 g/mol. The van der Waals surface area contributed by atoms with Crippen LogP contribution in [0.3, 0.4) is 0 Å². The molecule has 26 heavy (non-hydrogen) atoms. The van der Waals surface area contributed by atoms with Crippen molar-refractivity contribution in [3.8, 4) is 5.75 Å². The number of hydrogen-bond donors (Lipinski definition) is 1. The number of aliphatic carboxylic acids is 1. The maximum absolute atomic E-state index is 13.1. The quantitative estimate of drug-likeness (QED) is 0.730. The lowest BCUT2D eigenvalue weighted by Gasteiger charge is -2.09. The van der Waals surface area contributed by atoms with Crippen molar-refractivity contribution in [3.63, 3.8) is 0 Å². The summed E-state index contributed by atoms with van der Waals surface area (Å²) in [6, 6.07) is 12.0. The van der Waals surface area contributed by atoms with E-state index in [4.69, 9.17) is 16.3 Å². The number of methoxy groups -OCH3 is 1. The second-order valence-corrected chi connectivity index (χ2v) is 6.32. The molecule has 134 valence electrons. The summed E-state index contributed by atoms with van der Waals surface area (Å²) >= 11 is 5.91. The molecule has 0 spiro atoms. The van der Waals surface area contributed by atoms with Crippen LogP contribution >= 0.6 is 11.6 Å². The number of benzene rings is 2. The number of carboxylic acids is 1. The highest BCUT2D eigenvalue weighted by molar-refractivity contribution is 6.30. The van der Waals surface area contributed by atoms with E-state index >= 15 is 0 Å². The predicted octanol–water partition coefficient (Wildman–Crippen LogP) is 4.18. The van der Waals surface area contributed by atoms with Gasteiger partial charge in [-0.3, -0.25) is 14.2 Å². The number of fused-ring (bicyclic) bond motifs is 1. The highest BCUT2D eigenvalue weighted by atomic mass is 35.5. The third-order valence-electron chi connectivity index (χ3n) is 4.35. The van der Waals surface area contributed by atoms with Crippen molar-refractivity contribution in [3.05, 3.63) is 64.3 Å². The summed E-state index contributed by atoms with van der Waals surface area (Å²) in [5, 5.41) is 10.6. The van der Waals surface area contributed by atoms with E-state index in [9.17, 15) is 14.7 Å². The minimum Gasteiger partial charge on any atom is -0.497 e. The van der Waals surface area contributed by atoms with Gasteiger partial charge in [-0.1, -0.05) is 18.5 Å². The lowest BCUT2D eigenvalue weighted by molar-refractivity contribution is -0.136. The van der Waals surface area contributed by atoms with Gasteiger partial charge in [-0.25, -0.2) is 0 Å². The number of hydrogen-bond acceptors (Lipinski definition) is 3. The highest BCUT2D eigenvalue weighted by Gasteiger charge is 2.23. The van der Waals surface area contributed by atoms with Crippen molar-refractivity contribution in [1.29, 1.82) is 0 Å². The third kappa shape index (κ3) is 3.18. The Bertz CT molecular complexity index is 989. The SMILES string of the molecule is CCc1c(CC(=O)O)c2cc(OC)ccc2n1C(=O)c1ccc(Cl)cc1. The van der Waals surface area contributed by atoms with E-state index in [0.717, 1.165) is 0 Å². The fourth-order valence-corrected chi connectivity index (χ4v) is 3.31. The zero-order chi connectivity index (χ0) is 18.8. The van der Waals surface area contributed by atoms with Crippen molar-refractivity contribution < 1.29 is 19.4 Å². The Morgan fingerprint density at radius 3 is 2.42 bits per heavy atom. The number of halogens is 1. The van der Waals surface area contributed by atoms with Gasteiger partial charge in [0.2, 0.25) is 0 Å². The van der Waals surface area contributed by atoms with Gasteiger partial charge in [-0.2, -0.15) is 0 Å². The molecule has 0 aliphatic heterocycles. The van der Waals surface area contributed by atoms with Crippen molar-refractivity contribution in [2.24, 2.45) is 0 Å². The molecule has 0 bridgehead atoms. The fourth-order valence-electron chi connectivity index (χ4n) is 3.19. The standard InChI is InChI=1S/C20H18ClNO4/c1-3-17-16(11-19(23)24)15-10-14(26-2)8-9-18(15)22(17)20(25)12-4-6-13(21)7-5-12/h4-10H,3,11H2,1-2H3,(H,23,24). The highest BCUT2D eigenvalue weighted by Crippen LogP contribution is 2.31. The number of carbonyl (C=O) groups is 2. The Morgan fingerprint density at radius 2 is 1.85 bits per heavy atom. The lowest BCUT2D eigenvalue weighted by atomic mass is 10.1. The maximum Gasteiger partial charge on any atom is 0.307 e. The molecule has 0 saturated carbocycles. The zero-order valence-corrected chi connectivity index (χ0v) is 15.2. The average Bonchev–Trinajstić information content (AvgIpc) is 2.93. The van der Waals surface area contributed by atoms with Crippen LogP contribution in [0.25, 0.3) is 10.9 Å². The lowest BCUT2D eigenvalue weighted by Crippen LogP contribution is -2.15. The number of aromatic nitrogens is 1. The zero-order valence-electron chi connectivity index (χ0n) is 14.5. The summed E-state index contributed by atoms with van der Waals surface area (Å²) in [6.07, 6.45) is 0.368. The maximum atomic E-state index is 13.1. The molecule has 0 unspecified atom stereocenters. The van der Waals surface area contributed by atoms with Gasteiger partial charge < -0.3 is 9.84 Å². The minimum absolute atomic E-state index is 0.159. The Labute approximate surface area is 155 Å². The van der Waals surface area contributed by atoms with Crippen LogP contribution in [-0.4, -0.2) is 28.7 Å². The second-order valence-electron chi connectivity index (χ2n) is 5.88. The molecule has 0 fully saturated rings. The van der Waals surface area contributed by atoms with E-state index in [2.05, 4.69) is 0 Å². The second kappa shape index (κ2) is 7.22. The minimum atomic E-state index is -0.944. The van der Waals surface area contributed by atoms with Gasteiger partial charge >= 0.3 is 5.97 Å².